The number of aromatic nitrogens is 1. The van der Waals surface area contributed by atoms with Crippen molar-refractivity contribution in [1.82, 2.24) is 4.57 Å². The monoisotopic (exact) mass is 700 g/mol. The van der Waals surface area contributed by atoms with Crippen molar-refractivity contribution in [2.45, 2.75) is 19.6 Å². The molecule has 4 aromatic carbocycles. The van der Waals surface area contributed by atoms with E-state index in [4.69, 9.17) is 47.1 Å². The molecular formula is C37H30Cl2N2O6S. The molecule has 0 saturated carbocycles. The van der Waals surface area contributed by atoms with Crippen LogP contribution in [-0.4, -0.2) is 31.4 Å². The molecule has 0 amide bonds. The number of nitrogens with zero attached hydrogens (tertiary/aromatic N) is 2. The van der Waals surface area contributed by atoms with Crippen LogP contribution in [0.1, 0.15) is 35.2 Å². The lowest BCUT2D eigenvalue weighted by Gasteiger charge is -2.26. The zero-order chi connectivity index (χ0) is 33.8. The van der Waals surface area contributed by atoms with Crippen LogP contribution in [0.3, 0.4) is 0 Å². The SMILES string of the molecule is CCOC(=O)C1=C(c2ccccc2)N=c2s/c(=C\c3cccc(OCc4ccc(Cl)cc4Cl)c3)c(=O)n2[C@H]1c1ccc(OC)c(OC)c1. The van der Waals surface area contributed by atoms with Gasteiger partial charge in [0.25, 0.3) is 5.56 Å². The number of halogens is 2. The van der Waals surface area contributed by atoms with Crippen molar-refractivity contribution in [3.8, 4) is 17.2 Å². The highest BCUT2D eigenvalue weighted by atomic mass is 35.5. The molecule has 0 radical (unpaired) electrons. The summed E-state index contributed by atoms with van der Waals surface area (Å²) in [6.07, 6.45) is 1.79. The number of hydrogen-bond donors (Lipinski definition) is 0. The van der Waals surface area contributed by atoms with Gasteiger partial charge in [-0.3, -0.25) is 9.36 Å². The lowest BCUT2D eigenvalue weighted by atomic mass is 9.93. The molecule has 1 aliphatic rings. The first kappa shape index (κ1) is 33.1. The second-order valence-corrected chi connectivity index (χ2v) is 12.5. The molecule has 1 atom stereocenters. The van der Waals surface area contributed by atoms with Crippen LogP contribution < -0.4 is 29.1 Å². The lowest BCUT2D eigenvalue weighted by molar-refractivity contribution is -0.138. The fourth-order valence-corrected chi connectivity index (χ4v) is 6.89. The highest BCUT2D eigenvalue weighted by Crippen LogP contribution is 2.38. The van der Waals surface area contributed by atoms with Gasteiger partial charge in [-0.05, 0) is 60.5 Å². The maximum absolute atomic E-state index is 14.3. The van der Waals surface area contributed by atoms with E-state index in [2.05, 4.69) is 0 Å². The maximum atomic E-state index is 14.3. The van der Waals surface area contributed by atoms with E-state index in [1.54, 1.807) is 48.9 Å². The van der Waals surface area contributed by atoms with Crippen LogP contribution in [0.2, 0.25) is 10.0 Å². The maximum Gasteiger partial charge on any atom is 0.338 e. The summed E-state index contributed by atoms with van der Waals surface area (Å²) in [6.45, 7) is 2.13. The molecule has 0 bridgehead atoms. The average Bonchev–Trinajstić information content (AvgIpc) is 3.41. The Morgan fingerprint density at radius 1 is 0.938 bits per heavy atom. The molecule has 48 heavy (non-hydrogen) atoms. The van der Waals surface area contributed by atoms with Crippen LogP contribution in [0, 0.1) is 0 Å². The van der Waals surface area contributed by atoms with Crippen LogP contribution >= 0.6 is 34.5 Å². The van der Waals surface area contributed by atoms with E-state index < -0.39 is 12.0 Å². The molecule has 6 rings (SSSR count). The summed E-state index contributed by atoms with van der Waals surface area (Å²) >= 11 is 13.6. The number of rotatable bonds is 10. The Morgan fingerprint density at radius 3 is 2.46 bits per heavy atom. The van der Waals surface area contributed by atoms with E-state index in [9.17, 15) is 9.59 Å². The third-order valence-electron chi connectivity index (χ3n) is 7.66. The van der Waals surface area contributed by atoms with Crippen molar-refractivity contribution in [3.05, 3.63) is 149 Å². The molecule has 0 aliphatic carbocycles. The molecule has 2 heterocycles. The third-order valence-corrected chi connectivity index (χ3v) is 9.23. The second kappa shape index (κ2) is 14.5. The lowest BCUT2D eigenvalue weighted by Crippen LogP contribution is -2.40. The summed E-state index contributed by atoms with van der Waals surface area (Å²) in [6, 6.07) is 26.5. The minimum atomic E-state index is -0.865. The molecule has 0 fully saturated rings. The number of ether oxygens (including phenoxy) is 4. The van der Waals surface area contributed by atoms with Gasteiger partial charge in [0.15, 0.2) is 16.3 Å². The van der Waals surface area contributed by atoms with E-state index in [0.29, 0.717) is 53.5 Å². The van der Waals surface area contributed by atoms with Crippen molar-refractivity contribution in [1.29, 1.82) is 0 Å². The van der Waals surface area contributed by atoms with Gasteiger partial charge in [-0.25, -0.2) is 9.79 Å². The Hall–Kier alpha value is -4.83. The molecule has 11 heteroatoms. The highest BCUT2D eigenvalue weighted by molar-refractivity contribution is 7.07. The van der Waals surface area contributed by atoms with Gasteiger partial charge in [0.2, 0.25) is 0 Å². The number of carbonyl (C=O) groups excluding carboxylic acids is 1. The predicted molar refractivity (Wildman–Crippen MR) is 188 cm³/mol. The van der Waals surface area contributed by atoms with Gasteiger partial charge in [0.1, 0.15) is 12.4 Å². The Morgan fingerprint density at radius 2 is 1.73 bits per heavy atom. The first-order valence-electron chi connectivity index (χ1n) is 15.0. The molecular weight excluding hydrogens is 671 g/mol. The van der Waals surface area contributed by atoms with Gasteiger partial charge in [0.05, 0.1) is 42.7 Å². The number of carbonyl (C=O) groups is 1. The number of thiazole rings is 1. The van der Waals surface area contributed by atoms with Crippen LogP contribution in [0.25, 0.3) is 11.8 Å². The first-order chi connectivity index (χ1) is 23.3. The molecule has 0 saturated heterocycles. The smallest absolute Gasteiger partial charge is 0.338 e. The molecule has 1 aliphatic heterocycles. The summed E-state index contributed by atoms with van der Waals surface area (Å²) in [7, 11) is 3.08. The Labute approximate surface area is 290 Å². The number of benzene rings is 4. The summed E-state index contributed by atoms with van der Waals surface area (Å²) < 4.78 is 24.6. The van der Waals surface area contributed by atoms with Crippen LogP contribution in [0.4, 0.5) is 0 Å². The molecule has 244 valence electrons. The van der Waals surface area contributed by atoms with Crippen molar-refractivity contribution < 1.29 is 23.7 Å². The quantitative estimate of drug-likeness (QED) is 0.148. The van der Waals surface area contributed by atoms with Gasteiger partial charge >= 0.3 is 5.97 Å². The van der Waals surface area contributed by atoms with E-state index in [1.807, 2.05) is 66.7 Å². The Bertz CT molecular complexity index is 2210. The van der Waals surface area contributed by atoms with Gasteiger partial charge < -0.3 is 18.9 Å². The molecule has 5 aromatic rings. The minimum Gasteiger partial charge on any atom is -0.493 e. The van der Waals surface area contributed by atoms with E-state index in [-0.39, 0.29) is 24.3 Å². The first-order valence-corrected chi connectivity index (χ1v) is 16.6. The largest absolute Gasteiger partial charge is 0.493 e. The summed E-state index contributed by atoms with van der Waals surface area (Å²) in [5.41, 5.74) is 3.24. The highest BCUT2D eigenvalue weighted by Gasteiger charge is 2.35. The summed E-state index contributed by atoms with van der Waals surface area (Å²) in [5, 5.41) is 1.06. The molecule has 0 spiro atoms. The van der Waals surface area contributed by atoms with Gasteiger partial charge in [-0.1, -0.05) is 89.1 Å². The fraction of sp³-hybridized carbons (Fsp3) is 0.162. The van der Waals surface area contributed by atoms with Gasteiger partial charge in [-0.2, -0.15) is 0 Å². The number of hydrogen-bond acceptors (Lipinski definition) is 8. The topological polar surface area (TPSA) is 88.4 Å². The van der Waals surface area contributed by atoms with Crippen LogP contribution in [0.5, 0.6) is 17.2 Å². The molecule has 8 nitrogen and oxygen atoms in total. The van der Waals surface area contributed by atoms with Gasteiger partial charge in [-0.15, -0.1) is 0 Å². The third kappa shape index (κ3) is 6.75. The van der Waals surface area contributed by atoms with Crippen molar-refractivity contribution in [3.63, 3.8) is 0 Å². The zero-order valence-corrected chi connectivity index (χ0v) is 28.6. The van der Waals surface area contributed by atoms with E-state index >= 15 is 0 Å². The summed E-state index contributed by atoms with van der Waals surface area (Å²) in [5.74, 6) is 0.996. The Balaban J connectivity index is 1.49. The van der Waals surface area contributed by atoms with E-state index in [0.717, 1.165) is 11.1 Å². The Kier molecular flexibility index (Phi) is 10.0. The fourth-order valence-electron chi connectivity index (χ4n) is 5.42. The van der Waals surface area contributed by atoms with Crippen molar-refractivity contribution in [2.24, 2.45) is 4.99 Å². The van der Waals surface area contributed by atoms with Crippen LogP contribution in [0.15, 0.2) is 106 Å². The van der Waals surface area contributed by atoms with Crippen LogP contribution in [-0.2, 0) is 16.1 Å². The second-order valence-electron chi connectivity index (χ2n) is 10.6. The number of methoxy groups -OCH3 is 2. The molecule has 0 unspecified atom stereocenters. The van der Waals surface area contributed by atoms with Crippen molar-refractivity contribution in [2.75, 3.05) is 20.8 Å². The zero-order valence-electron chi connectivity index (χ0n) is 26.2. The molecule has 1 aromatic heterocycles. The summed E-state index contributed by atoms with van der Waals surface area (Å²) in [4.78, 5) is 33.4. The average molecular weight is 702 g/mol. The minimum absolute atomic E-state index is 0.149. The number of esters is 1. The standard InChI is InChI=1S/C37H30Cl2N2O6S/c1-4-46-36(43)32-33(23-10-6-5-7-11-23)40-37-41(34(32)24-14-16-29(44-2)30(19-24)45-3)35(42)31(48-37)18-22-9-8-12-27(17-22)47-21-25-13-15-26(38)20-28(25)39/h5-20,34H,4,21H2,1-3H3/b31-18-/t34-/m0/s1. The predicted octanol–water partition coefficient (Wildman–Crippen LogP) is 6.84. The van der Waals surface area contributed by atoms with Gasteiger partial charge in [0, 0.05) is 21.2 Å². The van der Waals surface area contributed by atoms with Crippen molar-refractivity contribution >= 4 is 52.3 Å². The normalized spacial score (nSPS) is 14.3. The van der Waals surface area contributed by atoms with E-state index in [1.165, 1.54) is 18.4 Å². The molecule has 0 N–H and O–H groups in total. The number of fused-ring (bicyclic) bond motifs is 1.